The molecule has 0 bridgehead atoms. The van der Waals surface area contributed by atoms with Crippen LogP contribution < -0.4 is 4.57 Å². The standard InChI is InChI=1S/C29H25N2O/c1-18(2)20-10-12-21(13-11-20)23-17-27-24(16-25(23)30-4)22-14-9-19(3)28(29(22)32-27)26-8-6-7-15-31(26)5/h6-18H,1-3,5H3/q+1. The third kappa shape index (κ3) is 3.16. The number of nitrogens with zero attached hydrogens (tertiary/aromatic N) is 2. The average molecular weight is 418 g/mol. The summed E-state index contributed by atoms with van der Waals surface area (Å²) in [6, 6.07) is 22.9. The Morgan fingerprint density at radius 1 is 0.938 bits per heavy atom. The van der Waals surface area contributed by atoms with Crippen LogP contribution in [0.2, 0.25) is 0 Å². The van der Waals surface area contributed by atoms with Gasteiger partial charge in [-0.2, -0.15) is 0 Å². The van der Waals surface area contributed by atoms with Gasteiger partial charge >= 0.3 is 0 Å². The molecular weight excluding hydrogens is 392 g/mol. The number of benzene rings is 3. The third-order valence-electron chi connectivity index (χ3n) is 6.29. The maximum Gasteiger partial charge on any atom is 0.216 e. The maximum atomic E-state index is 7.81. The second-order valence-corrected chi connectivity index (χ2v) is 8.69. The van der Waals surface area contributed by atoms with Gasteiger partial charge in [0.25, 0.3) is 0 Å². The minimum absolute atomic E-state index is 0.475. The Hall–Kier alpha value is -3.90. The highest BCUT2D eigenvalue weighted by molar-refractivity contribution is 6.12. The van der Waals surface area contributed by atoms with Crippen molar-refractivity contribution in [1.29, 1.82) is 0 Å². The molecule has 3 nitrogen and oxygen atoms in total. The Kier molecular flexibility index (Phi) is 4.79. The summed E-state index contributed by atoms with van der Waals surface area (Å²) >= 11 is 0. The van der Waals surface area contributed by atoms with Crippen molar-refractivity contribution >= 4 is 27.6 Å². The lowest BCUT2D eigenvalue weighted by Crippen LogP contribution is -2.30. The first-order valence-corrected chi connectivity index (χ1v) is 10.9. The van der Waals surface area contributed by atoms with Gasteiger partial charge in [0.15, 0.2) is 11.9 Å². The fourth-order valence-corrected chi connectivity index (χ4v) is 4.45. The van der Waals surface area contributed by atoms with Crippen LogP contribution in [0.3, 0.4) is 0 Å². The molecule has 5 aromatic rings. The van der Waals surface area contributed by atoms with Gasteiger partial charge in [-0.15, -0.1) is 0 Å². The lowest BCUT2D eigenvalue weighted by molar-refractivity contribution is -0.660. The number of aromatic nitrogens is 1. The zero-order chi connectivity index (χ0) is 22.4. The van der Waals surface area contributed by atoms with E-state index in [2.05, 4.69) is 72.6 Å². The zero-order valence-corrected chi connectivity index (χ0v) is 18.8. The monoisotopic (exact) mass is 417 g/mol. The van der Waals surface area contributed by atoms with E-state index in [-0.39, 0.29) is 0 Å². The van der Waals surface area contributed by atoms with Crippen molar-refractivity contribution in [1.82, 2.24) is 0 Å². The maximum absolute atomic E-state index is 7.81. The molecule has 0 N–H and O–H groups in total. The third-order valence-corrected chi connectivity index (χ3v) is 6.29. The lowest BCUT2D eigenvalue weighted by atomic mass is 9.96. The summed E-state index contributed by atoms with van der Waals surface area (Å²) in [7, 11) is 2.05. The zero-order valence-electron chi connectivity index (χ0n) is 18.8. The summed E-state index contributed by atoms with van der Waals surface area (Å²) in [5.41, 5.74) is 8.90. The van der Waals surface area contributed by atoms with Crippen LogP contribution in [0.25, 0.3) is 49.2 Å². The molecule has 0 spiro atoms. The smallest absolute Gasteiger partial charge is 0.216 e. The molecule has 0 aliphatic carbocycles. The summed E-state index contributed by atoms with van der Waals surface area (Å²) in [4.78, 5) is 3.86. The molecule has 0 aliphatic rings. The Bertz CT molecular complexity index is 1520. The van der Waals surface area contributed by atoms with Crippen LogP contribution in [0.1, 0.15) is 30.9 Å². The van der Waals surface area contributed by atoms with Gasteiger partial charge in [0.05, 0.1) is 12.1 Å². The number of hydrogen-bond acceptors (Lipinski definition) is 1. The first-order chi connectivity index (χ1) is 15.5. The Balaban J connectivity index is 1.77. The molecule has 0 atom stereocenters. The first-order valence-electron chi connectivity index (χ1n) is 10.9. The van der Waals surface area contributed by atoms with E-state index in [0.29, 0.717) is 11.6 Å². The minimum Gasteiger partial charge on any atom is -0.455 e. The summed E-state index contributed by atoms with van der Waals surface area (Å²) in [5, 5.41) is 2.02. The van der Waals surface area contributed by atoms with Gasteiger partial charge in [-0.25, -0.2) is 9.41 Å². The van der Waals surface area contributed by atoms with Crippen LogP contribution in [0.5, 0.6) is 0 Å². The fourth-order valence-electron chi connectivity index (χ4n) is 4.45. The van der Waals surface area contributed by atoms with Crippen LogP contribution in [-0.2, 0) is 7.05 Å². The first kappa shape index (κ1) is 20.0. The summed E-state index contributed by atoms with van der Waals surface area (Å²) in [5.74, 6) is 0.475. The van der Waals surface area contributed by atoms with Crippen molar-refractivity contribution in [3.05, 3.63) is 95.5 Å². The molecule has 0 aliphatic heterocycles. The highest BCUT2D eigenvalue weighted by atomic mass is 16.3. The summed E-state index contributed by atoms with van der Waals surface area (Å²) in [6.45, 7) is 14.3. The predicted molar refractivity (Wildman–Crippen MR) is 131 cm³/mol. The number of furan rings is 1. The molecule has 0 saturated carbocycles. The van der Waals surface area contributed by atoms with Crippen molar-refractivity contribution in [2.75, 3.05) is 0 Å². The quantitative estimate of drug-likeness (QED) is 0.217. The second-order valence-electron chi connectivity index (χ2n) is 8.69. The molecule has 32 heavy (non-hydrogen) atoms. The Morgan fingerprint density at radius 2 is 1.72 bits per heavy atom. The molecule has 156 valence electrons. The van der Waals surface area contributed by atoms with E-state index in [9.17, 15) is 0 Å². The van der Waals surface area contributed by atoms with E-state index in [1.165, 1.54) is 5.56 Å². The highest BCUT2D eigenvalue weighted by Gasteiger charge is 2.21. The topological polar surface area (TPSA) is 21.4 Å². The van der Waals surface area contributed by atoms with Gasteiger partial charge < -0.3 is 4.42 Å². The number of fused-ring (bicyclic) bond motifs is 3. The molecule has 2 aromatic heterocycles. The van der Waals surface area contributed by atoms with Crippen LogP contribution in [0, 0.1) is 13.5 Å². The largest absolute Gasteiger partial charge is 0.455 e. The second kappa shape index (κ2) is 7.66. The van der Waals surface area contributed by atoms with Crippen molar-refractivity contribution in [3.63, 3.8) is 0 Å². The number of hydrogen-bond donors (Lipinski definition) is 0. The van der Waals surface area contributed by atoms with E-state index < -0.39 is 0 Å². The van der Waals surface area contributed by atoms with Gasteiger partial charge in [-0.05, 0) is 53.3 Å². The van der Waals surface area contributed by atoms with Crippen molar-refractivity contribution in [2.24, 2.45) is 7.05 Å². The van der Waals surface area contributed by atoms with Crippen LogP contribution in [-0.4, -0.2) is 0 Å². The highest BCUT2D eigenvalue weighted by Crippen LogP contribution is 2.42. The Morgan fingerprint density at radius 3 is 2.41 bits per heavy atom. The normalized spacial score (nSPS) is 11.4. The summed E-state index contributed by atoms with van der Waals surface area (Å²) in [6.07, 6.45) is 2.05. The fraction of sp³-hybridized carbons (Fsp3) is 0.172. The molecule has 5 rings (SSSR count). The number of pyridine rings is 1. The average Bonchev–Trinajstić information content (AvgIpc) is 3.16. The van der Waals surface area contributed by atoms with E-state index >= 15 is 0 Å². The van der Waals surface area contributed by atoms with Crippen molar-refractivity contribution in [2.45, 2.75) is 26.7 Å². The predicted octanol–water partition coefficient (Wildman–Crippen LogP) is 7.73. The van der Waals surface area contributed by atoms with Gasteiger partial charge in [-0.3, -0.25) is 0 Å². The molecule has 3 aromatic carbocycles. The van der Waals surface area contributed by atoms with E-state index in [0.717, 1.165) is 49.9 Å². The van der Waals surface area contributed by atoms with E-state index in [1.807, 2.05) is 37.5 Å². The van der Waals surface area contributed by atoms with Gasteiger partial charge in [0.2, 0.25) is 5.69 Å². The SMILES string of the molecule is [C-]#[N+]c1cc2c(cc1-c1ccc(C(C)C)cc1)oc1c(-c3cccc[n+]3C)c(C)ccc12. The van der Waals surface area contributed by atoms with Crippen LogP contribution in [0.4, 0.5) is 5.69 Å². The molecule has 0 unspecified atom stereocenters. The lowest BCUT2D eigenvalue weighted by Gasteiger charge is -2.08. The molecule has 3 heteroatoms. The molecule has 0 amide bonds. The summed E-state index contributed by atoms with van der Waals surface area (Å²) < 4.78 is 8.59. The Labute approximate surface area is 188 Å². The molecule has 2 heterocycles. The number of aryl methyl sites for hydroxylation is 2. The molecular formula is C29H25N2O+. The van der Waals surface area contributed by atoms with E-state index in [4.69, 9.17) is 11.0 Å². The van der Waals surface area contributed by atoms with Crippen molar-refractivity contribution in [3.8, 4) is 22.4 Å². The van der Waals surface area contributed by atoms with Crippen LogP contribution >= 0.6 is 0 Å². The minimum atomic E-state index is 0.475. The number of rotatable bonds is 3. The van der Waals surface area contributed by atoms with Crippen LogP contribution in [0.15, 0.2) is 77.3 Å². The molecule has 0 fully saturated rings. The van der Waals surface area contributed by atoms with Gasteiger partial charge in [-0.1, -0.05) is 50.2 Å². The van der Waals surface area contributed by atoms with Gasteiger partial charge in [0.1, 0.15) is 18.2 Å². The molecule has 0 saturated heterocycles. The van der Waals surface area contributed by atoms with E-state index in [1.54, 1.807) is 0 Å². The van der Waals surface area contributed by atoms with Gasteiger partial charge in [0, 0.05) is 22.9 Å². The molecule has 0 radical (unpaired) electrons. The van der Waals surface area contributed by atoms with Crippen molar-refractivity contribution < 1.29 is 8.98 Å².